The topological polar surface area (TPSA) is 40.5 Å². The van der Waals surface area contributed by atoms with Gasteiger partial charge in [-0.3, -0.25) is 9.69 Å². The fraction of sp³-hybridized carbons (Fsp3) is 0.889. The Morgan fingerprint density at radius 1 is 1.69 bits per heavy atom. The van der Waals surface area contributed by atoms with Crippen LogP contribution in [0.15, 0.2) is 0 Å². The molecule has 0 aromatic heterocycles. The van der Waals surface area contributed by atoms with Gasteiger partial charge < -0.3 is 5.11 Å². The minimum absolute atomic E-state index is 0.419. The van der Waals surface area contributed by atoms with Crippen LogP contribution < -0.4 is 0 Å². The second kappa shape index (κ2) is 4.33. The van der Waals surface area contributed by atoms with E-state index in [2.05, 4.69) is 24.5 Å². The number of carbonyl (C=O) groups is 1. The van der Waals surface area contributed by atoms with Crippen molar-refractivity contribution in [2.24, 2.45) is 0 Å². The Bertz CT molecular complexity index is 198. The Morgan fingerprint density at radius 3 is 2.85 bits per heavy atom. The summed E-state index contributed by atoms with van der Waals surface area (Å²) in [5.74, 6) is -0.295. The van der Waals surface area contributed by atoms with Gasteiger partial charge in [-0.15, -0.1) is 0 Å². The Kier molecular flexibility index (Phi) is 3.62. The van der Waals surface area contributed by atoms with Crippen LogP contribution in [0.3, 0.4) is 0 Å². The first-order chi connectivity index (χ1) is 6.17. The molecule has 0 saturated carbocycles. The van der Waals surface area contributed by atoms with Crippen LogP contribution in [0.25, 0.3) is 0 Å². The number of carboxylic acid groups (broad SMARTS) is 1. The normalized spacial score (nSPS) is 29.4. The van der Waals surface area contributed by atoms with Crippen molar-refractivity contribution in [3.63, 3.8) is 0 Å². The number of carboxylic acids is 1. The third-order valence-corrected chi connectivity index (χ3v) is 3.30. The summed E-state index contributed by atoms with van der Waals surface area (Å²) < 4.78 is 0. The summed E-state index contributed by atoms with van der Waals surface area (Å²) in [5, 5.41) is 9.17. The lowest BCUT2D eigenvalue weighted by molar-refractivity contribution is -0.148. The fourth-order valence-electron chi connectivity index (χ4n) is 2.02. The molecule has 0 radical (unpaired) electrons. The number of hydrogen-bond donors (Lipinski definition) is 2. The minimum Gasteiger partial charge on any atom is -0.480 e. The number of aliphatic carboxylic acids is 1. The zero-order valence-corrected chi connectivity index (χ0v) is 8.89. The molecule has 13 heavy (non-hydrogen) atoms. The Balaban J connectivity index is 2.77. The lowest BCUT2D eigenvalue weighted by Gasteiger charge is -2.33. The molecule has 0 spiro atoms. The second-order valence-electron chi connectivity index (χ2n) is 3.59. The van der Waals surface area contributed by atoms with E-state index in [4.69, 9.17) is 0 Å². The minimum atomic E-state index is -0.714. The standard InChI is InChI=1S/C9H17NO2S/c1-2-5-10-6-3-4-9(10,7-13)8(11)12/h13H,2-7H2,1H3,(H,11,12)/t9-/m1/s1. The Morgan fingerprint density at radius 2 is 2.38 bits per heavy atom. The van der Waals surface area contributed by atoms with E-state index >= 15 is 0 Å². The Labute approximate surface area is 84.5 Å². The van der Waals surface area contributed by atoms with Gasteiger partial charge in [-0.25, -0.2) is 0 Å². The summed E-state index contributed by atoms with van der Waals surface area (Å²) in [4.78, 5) is 13.2. The highest BCUT2D eigenvalue weighted by Gasteiger charge is 2.45. The van der Waals surface area contributed by atoms with Gasteiger partial charge in [0.15, 0.2) is 0 Å². The molecular weight excluding hydrogens is 186 g/mol. The van der Waals surface area contributed by atoms with Crippen LogP contribution in [0, 0.1) is 0 Å². The number of nitrogens with zero attached hydrogens (tertiary/aromatic N) is 1. The van der Waals surface area contributed by atoms with Crippen LogP contribution in [-0.2, 0) is 4.79 Å². The fourth-order valence-corrected chi connectivity index (χ4v) is 2.51. The van der Waals surface area contributed by atoms with Crippen molar-refractivity contribution in [3.05, 3.63) is 0 Å². The van der Waals surface area contributed by atoms with Gasteiger partial charge in [0.1, 0.15) is 5.54 Å². The molecule has 3 nitrogen and oxygen atoms in total. The molecule has 1 rings (SSSR count). The molecule has 1 fully saturated rings. The van der Waals surface area contributed by atoms with Crippen LogP contribution in [0.4, 0.5) is 0 Å². The molecule has 1 atom stereocenters. The van der Waals surface area contributed by atoms with Crippen LogP contribution >= 0.6 is 12.6 Å². The maximum Gasteiger partial charge on any atom is 0.324 e. The van der Waals surface area contributed by atoms with E-state index in [1.807, 2.05) is 0 Å². The van der Waals surface area contributed by atoms with Gasteiger partial charge in [0.05, 0.1) is 0 Å². The van der Waals surface area contributed by atoms with E-state index in [9.17, 15) is 9.90 Å². The predicted octanol–water partition coefficient (Wildman–Crippen LogP) is 1.25. The second-order valence-corrected chi connectivity index (χ2v) is 3.90. The molecule has 1 heterocycles. The lowest BCUT2D eigenvalue weighted by Crippen LogP contribution is -2.52. The van der Waals surface area contributed by atoms with Gasteiger partial charge in [-0.1, -0.05) is 6.92 Å². The quantitative estimate of drug-likeness (QED) is 0.676. The number of rotatable bonds is 4. The van der Waals surface area contributed by atoms with Crippen molar-refractivity contribution in [3.8, 4) is 0 Å². The summed E-state index contributed by atoms with van der Waals surface area (Å²) in [6.07, 6.45) is 2.72. The van der Waals surface area contributed by atoms with Gasteiger partial charge in [0, 0.05) is 5.75 Å². The number of likely N-dealkylation sites (tertiary alicyclic amines) is 1. The number of thiol groups is 1. The zero-order valence-electron chi connectivity index (χ0n) is 7.99. The highest BCUT2D eigenvalue weighted by Crippen LogP contribution is 2.30. The first kappa shape index (κ1) is 10.9. The number of hydrogen-bond acceptors (Lipinski definition) is 3. The summed E-state index contributed by atoms with van der Waals surface area (Å²) >= 11 is 4.17. The van der Waals surface area contributed by atoms with Crippen molar-refractivity contribution >= 4 is 18.6 Å². The molecule has 1 saturated heterocycles. The molecule has 0 amide bonds. The molecule has 76 valence electrons. The lowest BCUT2D eigenvalue weighted by atomic mass is 9.99. The molecule has 0 bridgehead atoms. The summed E-state index contributed by atoms with van der Waals surface area (Å²) in [5.41, 5.74) is -0.681. The van der Waals surface area contributed by atoms with Crippen molar-refractivity contribution in [2.75, 3.05) is 18.8 Å². The van der Waals surface area contributed by atoms with Gasteiger partial charge >= 0.3 is 5.97 Å². The average molecular weight is 203 g/mol. The van der Waals surface area contributed by atoms with Crippen molar-refractivity contribution in [1.82, 2.24) is 4.90 Å². The van der Waals surface area contributed by atoms with E-state index < -0.39 is 11.5 Å². The van der Waals surface area contributed by atoms with Crippen LogP contribution in [0.1, 0.15) is 26.2 Å². The largest absolute Gasteiger partial charge is 0.480 e. The monoisotopic (exact) mass is 203 g/mol. The van der Waals surface area contributed by atoms with E-state index in [0.717, 1.165) is 32.4 Å². The molecule has 1 aliphatic heterocycles. The maximum atomic E-state index is 11.1. The van der Waals surface area contributed by atoms with Gasteiger partial charge in [0.2, 0.25) is 0 Å². The zero-order chi connectivity index (χ0) is 9.90. The van der Waals surface area contributed by atoms with Crippen molar-refractivity contribution in [1.29, 1.82) is 0 Å². The first-order valence-electron chi connectivity index (χ1n) is 4.76. The third kappa shape index (κ3) is 1.83. The summed E-state index contributed by atoms with van der Waals surface area (Å²) in [7, 11) is 0. The van der Waals surface area contributed by atoms with Gasteiger partial charge in [-0.2, -0.15) is 12.6 Å². The highest BCUT2D eigenvalue weighted by molar-refractivity contribution is 7.80. The average Bonchev–Trinajstić information content (AvgIpc) is 2.49. The van der Waals surface area contributed by atoms with E-state index in [0.29, 0.717) is 5.75 Å². The van der Waals surface area contributed by atoms with E-state index in [1.165, 1.54) is 0 Å². The molecule has 1 N–H and O–H groups in total. The van der Waals surface area contributed by atoms with Crippen molar-refractivity contribution in [2.45, 2.75) is 31.7 Å². The van der Waals surface area contributed by atoms with Crippen LogP contribution in [0.2, 0.25) is 0 Å². The third-order valence-electron chi connectivity index (χ3n) is 2.78. The molecule has 0 aromatic rings. The molecular formula is C9H17NO2S. The van der Waals surface area contributed by atoms with Gasteiger partial charge in [0.25, 0.3) is 0 Å². The first-order valence-corrected chi connectivity index (χ1v) is 5.40. The molecule has 0 aromatic carbocycles. The van der Waals surface area contributed by atoms with Crippen LogP contribution in [-0.4, -0.2) is 40.4 Å². The highest BCUT2D eigenvalue weighted by atomic mass is 32.1. The smallest absolute Gasteiger partial charge is 0.324 e. The molecule has 4 heteroatoms. The van der Waals surface area contributed by atoms with Crippen LogP contribution in [0.5, 0.6) is 0 Å². The molecule has 1 aliphatic rings. The van der Waals surface area contributed by atoms with E-state index in [-0.39, 0.29) is 0 Å². The summed E-state index contributed by atoms with van der Waals surface area (Å²) in [6, 6.07) is 0. The SMILES string of the molecule is CCCN1CCC[C@@]1(CS)C(=O)O. The van der Waals surface area contributed by atoms with Crippen molar-refractivity contribution < 1.29 is 9.90 Å². The molecule has 0 aliphatic carbocycles. The predicted molar refractivity (Wildman–Crippen MR) is 55.3 cm³/mol. The molecule has 0 unspecified atom stereocenters. The summed E-state index contributed by atoms with van der Waals surface area (Å²) in [6.45, 7) is 3.84. The van der Waals surface area contributed by atoms with E-state index in [1.54, 1.807) is 0 Å². The maximum absolute atomic E-state index is 11.1. The van der Waals surface area contributed by atoms with Gasteiger partial charge in [-0.05, 0) is 32.4 Å². The Hall–Kier alpha value is -0.220.